The highest BCUT2D eigenvalue weighted by Gasteiger charge is 2.50. The van der Waals surface area contributed by atoms with Gasteiger partial charge in [0.2, 0.25) is 5.91 Å². The van der Waals surface area contributed by atoms with Gasteiger partial charge >= 0.3 is 6.18 Å². The van der Waals surface area contributed by atoms with Crippen molar-refractivity contribution in [2.75, 3.05) is 26.3 Å². The van der Waals surface area contributed by atoms with Gasteiger partial charge in [-0.1, -0.05) is 12.1 Å². The van der Waals surface area contributed by atoms with Gasteiger partial charge in [-0.05, 0) is 23.8 Å². The second-order valence-electron chi connectivity index (χ2n) is 7.75. The third kappa shape index (κ3) is 3.15. The smallest absolute Gasteiger partial charge is 0.380 e. The number of nitrogens with zero attached hydrogens (tertiary/aromatic N) is 4. The van der Waals surface area contributed by atoms with Crippen LogP contribution in [0.3, 0.4) is 0 Å². The quantitative estimate of drug-likeness (QED) is 0.676. The summed E-state index contributed by atoms with van der Waals surface area (Å²) < 4.78 is 45.8. The van der Waals surface area contributed by atoms with E-state index in [2.05, 4.69) is 10.1 Å². The number of aromatic nitrogens is 3. The number of amides is 1. The predicted octanol–water partition coefficient (Wildman–Crippen LogP) is 2.98. The Morgan fingerprint density at radius 1 is 1.14 bits per heavy atom. The molecule has 0 bridgehead atoms. The summed E-state index contributed by atoms with van der Waals surface area (Å²) >= 11 is 0. The van der Waals surface area contributed by atoms with Crippen molar-refractivity contribution in [2.45, 2.75) is 12.7 Å². The predicted molar refractivity (Wildman–Crippen MR) is 97.8 cm³/mol. The molecule has 0 radical (unpaired) electrons. The van der Waals surface area contributed by atoms with Crippen molar-refractivity contribution in [1.82, 2.24) is 19.7 Å². The molecule has 6 nitrogen and oxygen atoms in total. The molecule has 0 atom stereocenters. The van der Waals surface area contributed by atoms with Gasteiger partial charge in [-0.2, -0.15) is 18.3 Å². The molecule has 0 aliphatic carbocycles. The molecule has 2 saturated heterocycles. The number of hydrogen-bond acceptors (Lipinski definition) is 4. The maximum absolute atomic E-state index is 13.0. The molecular formula is C20H17F3N4O2. The lowest BCUT2D eigenvalue weighted by molar-refractivity contribution is -0.195. The van der Waals surface area contributed by atoms with E-state index in [1.54, 1.807) is 27.9 Å². The van der Waals surface area contributed by atoms with E-state index in [1.165, 1.54) is 12.3 Å². The third-order valence-corrected chi connectivity index (χ3v) is 5.52. The number of fused-ring (bicyclic) bond motifs is 1. The maximum atomic E-state index is 13.0. The minimum atomic E-state index is -4.41. The fourth-order valence-corrected chi connectivity index (χ4v) is 3.86. The minimum absolute atomic E-state index is 0.0444. The monoisotopic (exact) mass is 402 g/mol. The number of carbonyl (C=O) groups excluding carboxylic acids is 1. The van der Waals surface area contributed by atoms with Gasteiger partial charge in [0.15, 0.2) is 0 Å². The average Bonchev–Trinajstić information content (AvgIpc) is 3.01. The van der Waals surface area contributed by atoms with Crippen LogP contribution in [0.4, 0.5) is 13.2 Å². The molecule has 29 heavy (non-hydrogen) atoms. The molecular weight excluding hydrogens is 385 g/mol. The van der Waals surface area contributed by atoms with Crippen LogP contribution in [0.2, 0.25) is 0 Å². The van der Waals surface area contributed by atoms with Crippen LogP contribution in [-0.4, -0.2) is 51.9 Å². The number of alkyl halides is 3. The van der Waals surface area contributed by atoms with Crippen LogP contribution in [0.5, 0.6) is 0 Å². The fraction of sp³-hybridized carbons (Fsp3) is 0.350. The van der Waals surface area contributed by atoms with Crippen LogP contribution in [-0.2, 0) is 22.3 Å². The van der Waals surface area contributed by atoms with Gasteiger partial charge < -0.3 is 9.64 Å². The summed E-state index contributed by atoms with van der Waals surface area (Å²) in [6.45, 7) is 2.85. The second kappa shape index (κ2) is 6.28. The van der Waals surface area contributed by atoms with Crippen molar-refractivity contribution in [3.8, 4) is 11.1 Å². The molecule has 0 N–H and O–H groups in total. The van der Waals surface area contributed by atoms with Crippen molar-refractivity contribution >= 4 is 16.9 Å². The molecule has 4 heterocycles. The van der Waals surface area contributed by atoms with Gasteiger partial charge in [0.25, 0.3) is 0 Å². The van der Waals surface area contributed by atoms with Crippen LogP contribution in [0.15, 0.2) is 42.7 Å². The molecule has 2 aliphatic heterocycles. The van der Waals surface area contributed by atoms with Crippen LogP contribution in [0.1, 0.15) is 5.56 Å². The van der Waals surface area contributed by atoms with E-state index in [1.807, 2.05) is 0 Å². The Hall–Kier alpha value is -2.94. The maximum Gasteiger partial charge on any atom is 0.416 e. The zero-order valence-electron chi connectivity index (χ0n) is 15.3. The van der Waals surface area contributed by atoms with E-state index in [0.717, 1.165) is 12.1 Å². The van der Waals surface area contributed by atoms with Gasteiger partial charge in [-0.25, -0.2) is 0 Å². The van der Waals surface area contributed by atoms with Crippen LogP contribution in [0.25, 0.3) is 22.2 Å². The van der Waals surface area contributed by atoms with Crippen LogP contribution in [0, 0.1) is 5.41 Å². The van der Waals surface area contributed by atoms with E-state index >= 15 is 0 Å². The van der Waals surface area contributed by atoms with E-state index in [-0.39, 0.29) is 17.9 Å². The lowest BCUT2D eigenvalue weighted by Gasteiger charge is -2.54. The number of pyridine rings is 1. The molecule has 1 aromatic carbocycles. The van der Waals surface area contributed by atoms with Crippen molar-refractivity contribution in [1.29, 1.82) is 0 Å². The standard InChI is InChI=1S/C20H17F3N4O2/c21-20(22,23)15-3-1-2-13(4-15)14-5-17-16(24-6-14)7-25-27(17)8-18(28)26-9-19(10-26)11-29-12-19/h1-7H,8-12H2. The largest absolute Gasteiger partial charge is 0.416 e. The summed E-state index contributed by atoms with van der Waals surface area (Å²) in [5, 5.41) is 4.24. The van der Waals surface area contributed by atoms with Gasteiger partial charge in [-0.15, -0.1) is 0 Å². The van der Waals surface area contributed by atoms with E-state index < -0.39 is 11.7 Å². The molecule has 2 aromatic heterocycles. The molecule has 1 spiro atoms. The highest BCUT2D eigenvalue weighted by molar-refractivity contribution is 5.83. The fourth-order valence-electron chi connectivity index (χ4n) is 3.86. The van der Waals surface area contributed by atoms with Crippen LogP contribution < -0.4 is 0 Å². The minimum Gasteiger partial charge on any atom is -0.380 e. The van der Waals surface area contributed by atoms with E-state index in [4.69, 9.17) is 4.74 Å². The highest BCUT2D eigenvalue weighted by atomic mass is 19.4. The SMILES string of the molecule is O=C(Cn1ncc2ncc(-c3cccc(C(F)(F)F)c3)cc21)N1CC2(COC2)C1. The van der Waals surface area contributed by atoms with Gasteiger partial charge in [0.1, 0.15) is 12.1 Å². The summed E-state index contributed by atoms with van der Waals surface area (Å²) in [5.41, 5.74) is 1.55. The molecule has 9 heteroatoms. The number of carbonyl (C=O) groups is 1. The van der Waals surface area contributed by atoms with Crippen molar-refractivity contribution in [3.05, 3.63) is 48.3 Å². The molecule has 150 valence electrons. The zero-order valence-corrected chi connectivity index (χ0v) is 15.3. The molecule has 5 rings (SSSR count). The second-order valence-corrected chi connectivity index (χ2v) is 7.75. The van der Waals surface area contributed by atoms with Crippen molar-refractivity contribution in [2.24, 2.45) is 5.41 Å². The van der Waals surface area contributed by atoms with Gasteiger partial charge in [0, 0.05) is 24.8 Å². The summed E-state index contributed by atoms with van der Waals surface area (Å²) in [7, 11) is 0. The zero-order chi connectivity index (χ0) is 20.2. The lowest BCUT2D eigenvalue weighted by Crippen LogP contribution is -2.67. The van der Waals surface area contributed by atoms with Gasteiger partial charge in [-0.3, -0.25) is 14.5 Å². The summed E-state index contributed by atoms with van der Waals surface area (Å²) in [6, 6.07) is 6.81. The first-order chi connectivity index (χ1) is 13.8. The topological polar surface area (TPSA) is 60.2 Å². The number of rotatable bonds is 3. The molecule has 2 aliphatic rings. The van der Waals surface area contributed by atoms with E-state index in [0.29, 0.717) is 48.5 Å². The number of likely N-dealkylation sites (tertiary alicyclic amines) is 1. The third-order valence-electron chi connectivity index (χ3n) is 5.52. The first kappa shape index (κ1) is 18.1. The highest BCUT2D eigenvalue weighted by Crippen LogP contribution is 2.37. The Morgan fingerprint density at radius 3 is 2.62 bits per heavy atom. The number of halogens is 3. The average molecular weight is 402 g/mol. The Labute approximate surface area is 163 Å². The number of hydrogen-bond donors (Lipinski definition) is 0. The number of benzene rings is 1. The summed E-state index contributed by atoms with van der Waals surface area (Å²) in [4.78, 5) is 18.6. The van der Waals surface area contributed by atoms with Crippen molar-refractivity contribution < 1.29 is 22.7 Å². The first-order valence-electron chi connectivity index (χ1n) is 9.18. The molecule has 2 fully saturated rings. The Balaban J connectivity index is 1.40. The summed E-state index contributed by atoms with van der Waals surface area (Å²) in [6.07, 6.45) is -1.35. The Morgan fingerprint density at radius 2 is 1.93 bits per heavy atom. The molecule has 0 unspecified atom stereocenters. The van der Waals surface area contributed by atoms with Crippen molar-refractivity contribution in [3.63, 3.8) is 0 Å². The molecule has 1 amide bonds. The Bertz CT molecular complexity index is 1100. The molecule has 0 saturated carbocycles. The van der Waals surface area contributed by atoms with E-state index in [9.17, 15) is 18.0 Å². The van der Waals surface area contributed by atoms with Crippen LogP contribution >= 0.6 is 0 Å². The number of ether oxygens (including phenoxy) is 1. The first-order valence-corrected chi connectivity index (χ1v) is 9.18. The normalized spacial score (nSPS) is 18.0. The Kier molecular flexibility index (Phi) is 3.92. The molecule has 3 aromatic rings. The lowest BCUT2D eigenvalue weighted by atomic mass is 9.78. The van der Waals surface area contributed by atoms with Gasteiger partial charge in [0.05, 0.1) is 35.9 Å². The summed E-state index contributed by atoms with van der Waals surface area (Å²) in [5.74, 6) is -0.0444.